The van der Waals surface area contributed by atoms with Gasteiger partial charge in [0, 0.05) is 31.9 Å². The van der Waals surface area contributed by atoms with Crippen LogP contribution >= 0.6 is 0 Å². The predicted molar refractivity (Wildman–Crippen MR) is 109 cm³/mol. The number of piperazine rings is 1. The molecule has 6 nitrogen and oxygen atoms in total. The lowest BCUT2D eigenvalue weighted by Gasteiger charge is -2.36. The molecule has 0 aliphatic carbocycles. The van der Waals surface area contributed by atoms with Crippen LogP contribution in [0.4, 0.5) is 10.1 Å². The average molecular weight is 418 g/mol. The number of nitrogens with zero attached hydrogens (tertiary/aromatic N) is 2. The van der Waals surface area contributed by atoms with Crippen molar-refractivity contribution in [2.75, 3.05) is 43.4 Å². The minimum atomic E-state index is -1.30. The molecule has 0 spiro atoms. The summed E-state index contributed by atoms with van der Waals surface area (Å²) in [6, 6.07) is 13.1. The van der Waals surface area contributed by atoms with Gasteiger partial charge in [0.15, 0.2) is 6.61 Å². The highest BCUT2D eigenvalue weighted by Crippen LogP contribution is 2.20. The highest BCUT2D eigenvalue weighted by atomic mass is 32.2. The van der Waals surface area contributed by atoms with Crippen molar-refractivity contribution in [2.45, 2.75) is 11.8 Å². The van der Waals surface area contributed by atoms with Crippen molar-refractivity contribution in [1.82, 2.24) is 4.90 Å². The summed E-state index contributed by atoms with van der Waals surface area (Å²) >= 11 is 0. The van der Waals surface area contributed by atoms with E-state index < -0.39 is 16.8 Å². The first-order valence-electron chi connectivity index (χ1n) is 9.43. The molecule has 0 saturated carbocycles. The summed E-state index contributed by atoms with van der Waals surface area (Å²) < 4.78 is 31.2. The first kappa shape index (κ1) is 21.0. The summed E-state index contributed by atoms with van der Waals surface area (Å²) in [7, 11) is -1.30. The number of carbonyl (C=O) groups is 2. The smallest absolute Gasteiger partial charge is 0.339 e. The monoisotopic (exact) mass is 418 g/mol. The van der Waals surface area contributed by atoms with Crippen LogP contribution in [0.2, 0.25) is 0 Å². The van der Waals surface area contributed by atoms with E-state index in [0.29, 0.717) is 42.5 Å². The number of benzene rings is 2. The number of esters is 1. The van der Waals surface area contributed by atoms with Crippen molar-refractivity contribution >= 4 is 28.4 Å². The van der Waals surface area contributed by atoms with Crippen molar-refractivity contribution in [2.24, 2.45) is 0 Å². The molecule has 0 bridgehead atoms. The Balaban J connectivity index is 1.54. The average Bonchev–Trinajstić information content (AvgIpc) is 2.77. The third kappa shape index (κ3) is 5.00. The van der Waals surface area contributed by atoms with Crippen LogP contribution in [-0.2, 0) is 20.3 Å². The zero-order chi connectivity index (χ0) is 20.8. The summed E-state index contributed by atoms with van der Waals surface area (Å²) in [5.41, 5.74) is 0.733. The van der Waals surface area contributed by atoms with Crippen LogP contribution < -0.4 is 4.90 Å². The van der Waals surface area contributed by atoms with E-state index in [1.807, 2.05) is 4.90 Å². The van der Waals surface area contributed by atoms with Gasteiger partial charge in [0.05, 0.1) is 26.9 Å². The predicted octanol–water partition coefficient (Wildman–Crippen LogP) is 2.46. The Hall–Kier alpha value is -2.74. The number of anilines is 1. The first-order chi connectivity index (χ1) is 14.0. The van der Waals surface area contributed by atoms with Gasteiger partial charge in [0.1, 0.15) is 5.82 Å². The standard InChI is InChI=1S/C21H23FN2O4S/c1-2-29(27)19-10-6-3-7-16(19)21(26)28-15-20(25)24-13-11-23(12-14-24)18-9-5-4-8-17(18)22/h3-10H,2,11-15H2,1H3/t29-/m1/s1. The van der Waals surface area contributed by atoms with Crippen molar-refractivity contribution in [3.8, 4) is 0 Å². The molecule has 1 saturated heterocycles. The maximum atomic E-state index is 13.9. The van der Waals surface area contributed by atoms with Gasteiger partial charge in [-0.25, -0.2) is 9.18 Å². The van der Waals surface area contributed by atoms with Crippen LogP contribution in [0.3, 0.4) is 0 Å². The lowest BCUT2D eigenvalue weighted by atomic mass is 10.2. The van der Waals surface area contributed by atoms with Crippen LogP contribution in [0, 0.1) is 5.82 Å². The molecule has 1 fully saturated rings. The molecule has 1 heterocycles. The molecule has 0 aromatic heterocycles. The van der Waals surface area contributed by atoms with E-state index in [9.17, 15) is 18.2 Å². The highest BCUT2D eigenvalue weighted by Gasteiger charge is 2.24. The molecule has 2 aromatic carbocycles. The third-order valence-electron chi connectivity index (χ3n) is 4.77. The number of hydrogen-bond donors (Lipinski definition) is 0. The Morgan fingerprint density at radius 1 is 1.03 bits per heavy atom. The van der Waals surface area contributed by atoms with Crippen molar-refractivity contribution < 1.29 is 22.9 Å². The maximum Gasteiger partial charge on any atom is 0.339 e. The summed E-state index contributed by atoms with van der Waals surface area (Å²) in [5, 5.41) is 0. The van der Waals surface area contributed by atoms with E-state index in [1.165, 1.54) is 6.07 Å². The summed E-state index contributed by atoms with van der Waals surface area (Å²) in [6.45, 7) is 3.22. The number of amides is 1. The highest BCUT2D eigenvalue weighted by molar-refractivity contribution is 7.85. The molecule has 0 unspecified atom stereocenters. The van der Waals surface area contributed by atoms with Gasteiger partial charge in [-0.2, -0.15) is 0 Å². The van der Waals surface area contributed by atoms with Crippen LogP contribution in [0.5, 0.6) is 0 Å². The van der Waals surface area contributed by atoms with Gasteiger partial charge in [0.25, 0.3) is 5.91 Å². The van der Waals surface area contributed by atoms with E-state index in [2.05, 4.69) is 0 Å². The molecule has 1 aliphatic rings. The van der Waals surface area contributed by atoms with E-state index in [0.717, 1.165) is 0 Å². The quantitative estimate of drug-likeness (QED) is 0.675. The Kier molecular flexibility index (Phi) is 6.98. The van der Waals surface area contributed by atoms with Gasteiger partial charge in [-0.3, -0.25) is 9.00 Å². The molecule has 8 heteroatoms. The minimum absolute atomic E-state index is 0.213. The molecule has 29 heavy (non-hydrogen) atoms. The van der Waals surface area contributed by atoms with Crippen molar-refractivity contribution in [1.29, 1.82) is 0 Å². The third-order valence-corrected chi connectivity index (χ3v) is 6.14. The van der Waals surface area contributed by atoms with Gasteiger partial charge in [-0.1, -0.05) is 31.2 Å². The molecule has 3 rings (SSSR count). The van der Waals surface area contributed by atoms with Crippen LogP contribution in [0.15, 0.2) is 53.4 Å². The number of halogens is 1. The Morgan fingerprint density at radius 2 is 1.69 bits per heavy atom. The molecule has 0 radical (unpaired) electrons. The second kappa shape index (κ2) is 9.65. The van der Waals surface area contributed by atoms with Crippen LogP contribution in [0.1, 0.15) is 17.3 Å². The van der Waals surface area contributed by atoms with Gasteiger partial charge in [-0.15, -0.1) is 0 Å². The zero-order valence-electron chi connectivity index (χ0n) is 16.2. The van der Waals surface area contributed by atoms with E-state index in [-0.39, 0.29) is 23.9 Å². The molecule has 2 aromatic rings. The Labute approximate surface area is 171 Å². The fourth-order valence-corrected chi connectivity index (χ4v) is 4.13. The minimum Gasteiger partial charge on any atom is -0.452 e. The second-order valence-electron chi connectivity index (χ2n) is 6.53. The van der Waals surface area contributed by atoms with Gasteiger partial charge in [-0.05, 0) is 24.3 Å². The fraction of sp³-hybridized carbons (Fsp3) is 0.333. The van der Waals surface area contributed by atoms with Gasteiger partial charge < -0.3 is 14.5 Å². The lowest BCUT2D eigenvalue weighted by Crippen LogP contribution is -2.50. The largest absolute Gasteiger partial charge is 0.452 e. The first-order valence-corrected chi connectivity index (χ1v) is 10.7. The summed E-state index contributed by atoms with van der Waals surface area (Å²) in [4.78, 5) is 28.7. The summed E-state index contributed by atoms with van der Waals surface area (Å²) in [6.07, 6.45) is 0. The van der Waals surface area contributed by atoms with Crippen LogP contribution in [-0.4, -0.2) is 59.5 Å². The molecule has 1 atom stereocenters. The number of para-hydroxylation sites is 1. The fourth-order valence-electron chi connectivity index (χ4n) is 3.19. The van der Waals surface area contributed by atoms with E-state index in [1.54, 1.807) is 54.3 Å². The Bertz CT molecular complexity index is 913. The molecule has 1 amide bonds. The van der Waals surface area contributed by atoms with Gasteiger partial charge in [0.2, 0.25) is 0 Å². The van der Waals surface area contributed by atoms with Crippen LogP contribution in [0.25, 0.3) is 0 Å². The zero-order valence-corrected chi connectivity index (χ0v) is 17.0. The molecular formula is C21H23FN2O4S. The van der Waals surface area contributed by atoms with E-state index >= 15 is 0 Å². The molecular weight excluding hydrogens is 395 g/mol. The molecule has 0 N–H and O–H groups in total. The molecule has 1 aliphatic heterocycles. The maximum absolute atomic E-state index is 13.9. The topological polar surface area (TPSA) is 66.9 Å². The lowest BCUT2D eigenvalue weighted by molar-refractivity contribution is -0.134. The number of ether oxygens (including phenoxy) is 1. The van der Waals surface area contributed by atoms with Gasteiger partial charge >= 0.3 is 5.97 Å². The SMILES string of the molecule is CC[S@@](=O)c1ccccc1C(=O)OCC(=O)N1CCN(c2ccccc2F)CC1. The summed E-state index contributed by atoms with van der Waals surface area (Å²) in [5.74, 6) is -0.874. The van der Waals surface area contributed by atoms with Crippen molar-refractivity contribution in [3.63, 3.8) is 0 Å². The molecule has 154 valence electrons. The second-order valence-corrected chi connectivity index (χ2v) is 8.23. The van der Waals surface area contributed by atoms with E-state index in [4.69, 9.17) is 4.74 Å². The Morgan fingerprint density at radius 3 is 2.38 bits per heavy atom. The number of hydrogen-bond acceptors (Lipinski definition) is 5. The number of carbonyl (C=O) groups excluding carboxylic acids is 2. The van der Waals surface area contributed by atoms with Crippen molar-refractivity contribution in [3.05, 3.63) is 59.9 Å². The number of rotatable bonds is 6. The normalized spacial score (nSPS) is 15.1.